The van der Waals surface area contributed by atoms with Gasteiger partial charge in [0.1, 0.15) is 11.5 Å². The Bertz CT molecular complexity index is 3130. The van der Waals surface area contributed by atoms with Gasteiger partial charge in [0.2, 0.25) is 0 Å². The van der Waals surface area contributed by atoms with Crippen molar-refractivity contribution in [2.45, 2.75) is 5.41 Å². The van der Waals surface area contributed by atoms with Crippen LogP contribution in [0.5, 0.6) is 11.5 Å². The molecule has 0 fully saturated rings. The zero-order chi connectivity index (χ0) is 36.8. The lowest BCUT2D eigenvalue weighted by atomic mass is 9.66. The molecule has 0 amide bonds. The third-order valence-corrected chi connectivity index (χ3v) is 13.1. The van der Waals surface area contributed by atoms with Crippen molar-refractivity contribution in [2.75, 3.05) is 4.90 Å². The Morgan fingerprint density at radius 2 is 0.946 bits per heavy atom. The first-order chi connectivity index (χ1) is 27.7. The van der Waals surface area contributed by atoms with Crippen LogP contribution in [0.3, 0.4) is 0 Å². The Labute approximate surface area is 329 Å². The molecule has 10 aromatic rings. The molecule has 0 atom stereocenters. The number of anilines is 3. The molecule has 1 aromatic heterocycles. The van der Waals surface area contributed by atoms with E-state index in [1.165, 1.54) is 64.3 Å². The van der Waals surface area contributed by atoms with Gasteiger partial charge in [-0.05, 0) is 117 Å². The number of benzene rings is 9. The Balaban J connectivity index is 1.14. The molecule has 0 bridgehead atoms. The highest BCUT2D eigenvalue weighted by Crippen LogP contribution is 2.63. The summed E-state index contributed by atoms with van der Waals surface area (Å²) in [7, 11) is 0. The summed E-state index contributed by atoms with van der Waals surface area (Å²) in [6.45, 7) is 0. The van der Waals surface area contributed by atoms with Gasteiger partial charge in [-0.25, -0.2) is 0 Å². The lowest BCUT2D eigenvalue weighted by Crippen LogP contribution is -2.32. The molecular formula is C53H33NOS. The summed E-state index contributed by atoms with van der Waals surface area (Å²) in [5.74, 6) is 1.79. The SMILES string of the molecule is c1ccc(-c2ccc(N(c3ccc4c(c3)C3(c5ccccc5Oc5ccccc53)c3cc5ccccc5cc3-4)c3ccc4sc5ccccc5c4c3)cc2)cc1. The van der Waals surface area contributed by atoms with Gasteiger partial charge in [-0.15, -0.1) is 11.3 Å². The third-order valence-electron chi connectivity index (χ3n) is 11.9. The molecular weight excluding hydrogens is 699 g/mol. The Morgan fingerprint density at radius 3 is 1.73 bits per heavy atom. The Hall–Kier alpha value is -6.94. The summed E-state index contributed by atoms with van der Waals surface area (Å²) in [6, 6.07) is 73.3. The summed E-state index contributed by atoms with van der Waals surface area (Å²) >= 11 is 1.85. The monoisotopic (exact) mass is 731 g/mol. The molecule has 0 saturated carbocycles. The average molecular weight is 732 g/mol. The highest BCUT2D eigenvalue weighted by atomic mass is 32.1. The molecule has 2 nitrogen and oxygen atoms in total. The van der Waals surface area contributed by atoms with Crippen molar-refractivity contribution in [1.29, 1.82) is 0 Å². The van der Waals surface area contributed by atoms with Gasteiger partial charge in [0.05, 0.1) is 5.41 Å². The molecule has 2 aliphatic rings. The van der Waals surface area contributed by atoms with Gasteiger partial charge in [-0.3, -0.25) is 0 Å². The van der Waals surface area contributed by atoms with E-state index in [-0.39, 0.29) is 0 Å². The van der Waals surface area contributed by atoms with Gasteiger partial charge in [0.25, 0.3) is 0 Å². The fourth-order valence-electron chi connectivity index (χ4n) is 9.44. The zero-order valence-electron chi connectivity index (χ0n) is 30.3. The predicted molar refractivity (Wildman–Crippen MR) is 234 cm³/mol. The first kappa shape index (κ1) is 31.4. The highest BCUT2D eigenvalue weighted by Gasteiger charge is 2.51. The first-order valence-corrected chi connectivity index (χ1v) is 20.0. The van der Waals surface area contributed by atoms with Gasteiger partial charge in [0, 0.05) is 48.4 Å². The minimum absolute atomic E-state index is 0.591. The maximum Gasteiger partial charge on any atom is 0.132 e. The van der Waals surface area contributed by atoms with Crippen molar-refractivity contribution in [3.8, 4) is 33.8 Å². The molecule has 0 unspecified atom stereocenters. The summed E-state index contributed by atoms with van der Waals surface area (Å²) < 4.78 is 9.30. The van der Waals surface area contributed by atoms with E-state index in [1.54, 1.807) is 0 Å². The molecule has 12 rings (SSSR count). The molecule has 1 spiro atoms. The quantitative estimate of drug-likeness (QED) is 0.179. The number of rotatable bonds is 4. The molecule has 1 aliphatic carbocycles. The van der Waals surface area contributed by atoms with Crippen LogP contribution < -0.4 is 9.64 Å². The maximum atomic E-state index is 6.70. The number of thiophene rings is 1. The van der Waals surface area contributed by atoms with E-state index in [0.717, 1.165) is 39.7 Å². The number of ether oxygens (including phenoxy) is 1. The molecule has 9 aromatic carbocycles. The van der Waals surface area contributed by atoms with Gasteiger partial charge >= 0.3 is 0 Å². The predicted octanol–water partition coefficient (Wildman–Crippen LogP) is 14.8. The van der Waals surface area contributed by atoms with Crippen LogP contribution in [0.15, 0.2) is 200 Å². The van der Waals surface area contributed by atoms with Gasteiger partial charge < -0.3 is 9.64 Å². The van der Waals surface area contributed by atoms with Crippen LogP contribution in [0.4, 0.5) is 17.1 Å². The van der Waals surface area contributed by atoms with Crippen molar-refractivity contribution in [3.63, 3.8) is 0 Å². The van der Waals surface area contributed by atoms with Gasteiger partial charge in [0.15, 0.2) is 0 Å². The van der Waals surface area contributed by atoms with Crippen molar-refractivity contribution in [1.82, 2.24) is 0 Å². The standard InChI is InChI=1S/C53H33NOS/c1-2-12-34(13-3-1)35-22-24-38(25-23-35)54(39-27-29-52-44(32-39)42-16-6-11-21-51(42)56-52)40-26-28-41-43-30-36-14-4-5-15-37(36)31-47(43)53(48(41)33-40)45-17-7-9-19-49(45)55-50-20-10-8-18-46(50)53/h1-33H. The lowest BCUT2D eigenvalue weighted by Gasteiger charge is -2.39. The third kappa shape index (κ3) is 4.49. The zero-order valence-corrected chi connectivity index (χ0v) is 31.1. The van der Waals surface area contributed by atoms with E-state index in [1.807, 2.05) is 11.3 Å². The molecule has 0 N–H and O–H groups in total. The van der Waals surface area contributed by atoms with Gasteiger partial charge in [-0.1, -0.05) is 127 Å². The fourth-order valence-corrected chi connectivity index (χ4v) is 10.5. The second kappa shape index (κ2) is 12.0. The Morgan fingerprint density at radius 1 is 0.375 bits per heavy atom. The van der Waals surface area contributed by atoms with Crippen LogP contribution in [-0.2, 0) is 5.41 Å². The topological polar surface area (TPSA) is 12.5 Å². The second-order valence-corrected chi connectivity index (χ2v) is 15.9. The molecule has 262 valence electrons. The summed E-state index contributed by atoms with van der Waals surface area (Å²) in [5, 5.41) is 5.04. The van der Waals surface area contributed by atoms with Crippen molar-refractivity contribution in [3.05, 3.63) is 222 Å². The van der Waals surface area contributed by atoms with E-state index >= 15 is 0 Å². The number of para-hydroxylation sites is 2. The van der Waals surface area contributed by atoms with Crippen molar-refractivity contribution >= 4 is 59.3 Å². The van der Waals surface area contributed by atoms with E-state index in [4.69, 9.17) is 4.74 Å². The van der Waals surface area contributed by atoms with Crippen LogP contribution in [0.1, 0.15) is 22.3 Å². The van der Waals surface area contributed by atoms with E-state index in [9.17, 15) is 0 Å². The summed E-state index contributed by atoms with van der Waals surface area (Å²) in [5.41, 5.74) is 12.5. The van der Waals surface area contributed by atoms with Gasteiger partial charge in [-0.2, -0.15) is 0 Å². The normalized spacial score (nSPS) is 13.3. The number of nitrogens with zero attached hydrogens (tertiary/aromatic N) is 1. The van der Waals surface area contributed by atoms with Crippen LogP contribution >= 0.6 is 11.3 Å². The lowest BCUT2D eigenvalue weighted by molar-refractivity contribution is 0.436. The molecule has 1 aliphatic heterocycles. The molecule has 0 radical (unpaired) electrons. The van der Waals surface area contributed by atoms with Crippen molar-refractivity contribution in [2.24, 2.45) is 0 Å². The number of hydrogen-bond acceptors (Lipinski definition) is 3. The van der Waals surface area contributed by atoms with Crippen LogP contribution in [0.2, 0.25) is 0 Å². The first-order valence-electron chi connectivity index (χ1n) is 19.2. The summed E-state index contributed by atoms with van der Waals surface area (Å²) in [4.78, 5) is 2.44. The van der Waals surface area contributed by atoms with Crippen LogP contribution in [0, 0.1) is 0 Å². The van der Waals surface area contributed by atoms with Crippen LogP contribution in [-0.4, -0.2) is 0 Å². The second-order valence-electron chi connectivity index (χ2n) is 14.8. The molecule has 56 heavy (non-hydrogen) atoms. The van der Waals surface area contributed by atoms with Crippen molar-refractivity contribution < 1.29 is 4.74 Å². The van der Waals surface area contributed by atoms with E-state index in [2.05, 4.69) is 205 Å². The largest absolute Gasteiger partial charge is 0.457 e. The average Bonchev–Trinajstić information content (AvgIpc) is 3.76. The minimum atomic E-state index is -0.591. The highest BCUT2D eigenvalue weighted by molar-refractivity contribution is 7.25. The molecule has 2 heterocycles. The fraction of sp³-hybridized carbons (Fsp3) is 0.0189. The number of hydrogen-bond donors (Lipinski definition) is 0. The molecule has 3 heteroatoms. The Kier molecular flexibility index (Phi) is 6.75. The van der Waals surface area contributed by atoms with Crippen LogP contribution in [0.25, 0.3) is 53.2 Å². The van der Waals surface area contributed by atoms with E-state index < -0.39 is 5.41 Å². The maximum absolute atomic E-state index is 6.70. The minimum Gasteiger partial charge on any atom is -0.457 e. The number of fused-ring (bicyclic) bond motifs is 13. The van der Waals surface area contributed by atoms with E-state index in [0.29, 0.717) is 0 Å². The molecule has 0 saturated heterocycles. The summed E-state index contributed by atoms with van der Waals surface area (Å²) in [6.07, 6.45) is 0. The smallest absolute Gasteiger partial charge is 0.132 e.